The second-order valence-electron chi connectivity index (χ2n) is 19.6. The number of phenolic OH excluding ortho intramolecular Hbond substituents is 2. The summed E-state index contributed by atoms with van der Waals surface area (Å²) >= 11 is 6.14. The van der Waals surface area contributed by atoms with Crippen molar-refractivity contribution in [1.29, 1.82) is 0 Å². The Morgan fingerprint density at radius 3 is 1.79 bits per heavy atom. The lowest BCUT2D eigenvalue weighted by atomic mass is 9.90. The maximum atomic E-state index is 14.9. The van der Waals surface area contributed by atoms with Crippen LogP contribution in [0.2, 0.25) is 5.02 Å². The average Bonchev–Trinajstić information content (AvgIpc) is 3.51. The number of ketones is 1. The number of primary amides is 2. The number of aliphatic hydroxyl groups excluding tert-OH is 1. The van der Waals surface area contributed by atoms with E-state index < -0.39 is 114 Å². The van der Waals surface area contributed by atoms with Crippen LogP contribution in [0, 0.1) is 11.8 Å². The summed E-state index contributed by atoms with van der Waals surface area (Å²) in [5.41, 5.74) is 19.5. The first-order valence-electron chi connectivity index (χ1n) is 27.1. The van der Waals surface area contributed by atoms with E-state index in [1.807, 2.05) is 20.8 Å². The van der Waals surface area contributed by atoms with Gasteiger partial charge in [-0.1, -0.05) is 102 Å². The summed E-state index contributed by atoms with van der Waals surface area (Å²) in [7, 11) is 2.05. The Morgan fingerprint density at radius 1 is 0.683 bits per heavy atom. The molecule has 0 aromatic heterocycles. The molecule has 1 fully saturated rings. The van der Waals surface area contributed by atoms with Crippen molar-refractivity contribution in [2.45, 2.75) is 128 Å². The fourth-order valence-electron chi connectivity index (χ4n) is 8.66. The fourth-order valence-corrected chi connectivity index (χ4v) is 11.2. The van der Waals surface area contributed by atoms with Crippen molar-refractivity contribution in [3.63, 3.8) is 0 Å². The molecule has 9 atom stereocenters. The minimum Gasteiger partial charge on any atom is -0.508 e. The lowest BCUT2D eigenvalue weighted by Gasteiger charge is -2.29. The van der Waals surface area contributed by atoms with E-state index in [0.717, 1.165) is 27.2 Å². The van der Waals surface area contributed by atoms with Gasteiger partial charge in [0, 0.05) is 53.2 Å². The van der Waals surface area contributed by atoms with Crippen LogP contribution in [0.1, 0.15) is 92.4 Å². The molecule has 4 aromatic carbocycles. The van der Waals surface area contributed by atoms with Crippen LogP contribution in [0.3, 0.4) is 0 Å². The number of phenols is 2. The highest BCUT2D eigenvalue weighted by Gasteiger charge is 2.37. The Kier molecular flexibility index (Phi) is 28.2. The predicted molar refractivity (Wildman–Crippen MR) is 316 cm³/mol. The van der Waals surface area contributed by atoms with E-state index in [4.69, 9.17) is 28.8 Å². The summed E-state index contributed by atoms with van der Waals surface area (Å²) in [5.74, 6) is -9.51. The van der Waals surface area contributed by atoms with Gasteiger partial charge in [-0.05, 0) is 123 Å². The van der Waals surface area contributed by atoms with Crippen LogP contribution in [0.15, 0.2) is 97.1 Å². The topological polar surface area (TPSA) is 365 Å². The quantitative estimate of drug-likeness (QED) is 0.0447. The number of benzene rings is 4. The number of aliphatic hydroxyl groups is 1. The number of carbonyl (C=O) groups excluding carboxylic acids is 9. The zero-order valence-electron chi connectivity index (χ0n) is 46.4. The minimum absolute atomic E-state index is 0.0327. The highest BCUT2D eigenvalue weighted by atomic mass is 35.5. The van der Waals surface area contributed by atoms with E-state index in [-0.39, 0.29) is 60.8 Å². The molecule has 8 amide bonds. The predicted octanol–water partition coefficient (Wildman–Crippen LogP) is 3.05. The van der Waals surface area contributed by atoms with Crippen LogP contribution < -0.4 is 49.1 Å². The summed E-state index contributed by atoms with van der Waals surface area (Å²) in [6, 6.07) is 16.0. The van der Waals surface area contributed by atoms with Gasteiger partial charge in [0.25, 0.3) is 0 Å². The molecule has 1 saturated heterocycles. The van der Waals surface area contributed by atoms with Crippen LogP contribution in [-0.4, -0.2) is 129 Å². The van der Waals surface area contributed by atoms with Crippen molar-refractivity contribution in [3.05, 3.63) is 130 Å². The first-order chi connectivity index (χ1) is 39.1. The molecule has 5 rings (SSSR count). The monoisotopic (exact) mass is 1190 g/mol. The summed E-state index contributed by atoms with van der Waals surface area (Å²) in [6.45, 7) is 7.26. The lowest BCUT2D eigenvalue weighted by Crippen LogP contribution is -2.62. The fraction of sp³-hybridized carbons (Fsp3) is 0.431. The zero-order valence-corrected chi connectivity index (χ0v) is 48.8. The first-order valence-corrected chi connectivity index (χ1v) is 30.0. The highest BCUT2D eigenvalue weighted by Crippen LogP contribution is 2.27. The maximum Gasteiger partial charge on any atom is 0.248 e. The van der Waals surface area contributed by atoms with E-state index in [0.29, 0.717) is 47.4 Å². The van der Waals surface area contributed by atoms with Gasteiger partial charge in [-0.15, -0.1) is 0 Å². The first kappa shape index (κ1) is 67.3. The van der Waals surface area contributed by atoms with Gasteiger partial charge in [-0.2, -0.15) is 0 Å². The number of halogens is 1. The third-order valence-corrected chi connectivity index (χ3v) is 16.1. The summed E-state index contributed by atoms with van der Waals surface area (Å²) in [5, 5.41) is 47.6. The number of rotatable bonds is 20. The van der Waals surface area contributed by atoms with Crippen LogP contribution in [0.5, 0.6) is 11.5 Å². The van der Waals surface area contributed by atoms with Gasteiger partial charge in [-0.25, -0.2) is 0 Å². The normalized spacial score (nSPS) is 20.6. The zero-order chi connectivity index (χ0) is 60.5. The molecule has 82 heavy (non-hydrogen) atoms. The Balaban J connectivity index is 0.00000714. The molecule has 4 aromatic rings. The van der Waals surface area contributed by atoms with Crippen LogP contribution in [-0.2, 0) is 64.0 Å². The van der Waals surface area contributed by atoms with Gasteiger partial charge >= 0.3 is 0 Å². The van der Waals surface area contributed by atoms with Gasteiger partial charge in [0.05, 0.1) is 12.1 Å². The minimum atomic E-state index is -1.74. The van der Waals surface area contributed by atoms with Gasteiger partial charge in [0.1, 0.15) is 41.7 Å². The van der Waals surface area contributed by atoms with Gasteiger partial charge in [0.15, 0.2) is 5.78 Å². The average molecular weight is 1190 g/mol. The van der Waals surface area contributed by atoms with Crippen molar-refractivity contribution in [1.82, 2.24) is 31.9 Å². The molecular formula is C58H76ClN9O12S2. The Bertz CT molecular complexity index is 2780. The summed E-state index contributed by atoms with van der Waals surface area (Å²) in [6.07, 6.45) is -1.15. The van der Waals surface area contributed by atoms with Crippen molar-refractivity contribution < 1.29 is 58.5 Å². The molecule has 1 heterocycles. The largest absolute Gasteiger partial charge is 0.508 e. The van der Waals surface area contributed by atoms with Gasteiger partial charge in [-0.3, -0.25) is 43.2 Å². The molecule has 1 aliphatic heterocycles. The molecule has 1 aliphatic rings. The van der Waals surface area contributed by atoms with Gasteiger partial charge in [0.2, 0.25) is 47.3 Å². The second kappa shape index (κ2) is 34.3. The maximum absolute atomic E-state index is 14.9. The number of carbonyl (C=O) groups is 9. The van der Waals surface area contributed by atoms with E-state index in [1.165, 1.54) is 67.6 Å². The number of Topliss-reactive ketones (excluding diaryl/α,β-unsaturated/α-hetero) is 1. The standard InChI is InChI=1S/C56H70ClN9O12S2.C2H6/c1-3-36(24-32-9-17-39(57)18-10-32)51(73)64-45-29-79-80-30-46(55(77)62-43(50(60)72)26-35-13-21-41(69)22-14-35)65-56(78)48(31(2)67)66-53(75)42(6-4-5-23-58)61-54(76)44(27-34-7-15-37(16-8-34)49(59)71)63-52(74)38(28-47(45)70)25-33-11-19-40(68)20-12-33;1-2/h7-22,31,36,38,42-46,48,67-69H,3-6,23-30,58H2,1-2H3,(H2,59,71)(H2,60,72)(H,61,76)(H,62,77)(H,63,74)(H,64,73)(H,65,78)(H,66,75);1-2H3/t31-,36+,38-,42+,43-,44-,45-,46+,48+;/m1./s1. The number of hydrogen-bond donors (Lipinski definition) is 12. The third kappa shape index (κ3) is 21.9. The van der Waals surface area contributed by atoms with Crippen molar-refractivity contribution in [3.8, 4) is 11.5 Å². The lowest BCUT2D eigenvalue weighted by molar-refractivity contribution is -0.137. The van der Waals surface area contributed by atoms with Gasteiger partial charge < -0.3 is 64.4 Å². The van der Waals surface area contributed by atoms with Crippen LogP contribution >= 0.6 is 33.2 Å². The Hall–Kier alpha value is -7.18. The molecular weight excluding hydrogens is 1110 g/mol. The molecule has 0 aliphatic carbocycles. The smallest absolute Gasteiger partial charge is 0.248 e. The molecule has 0 saturated carbocycles. The van der Waals surface area contributed by atoms with E-state index in [1.54, 1.807) is 36.4 Å². The van der Waals surface area contributed by atoms with Crippen LogP contribution in [0.25, 0.3) is 0 Å². The third-order valence-electron chi connectivity index (χ3n) is 13.4. The Labute approximate surface area is 490 Å². The summed E-state index contributed by atoms with van der Waals surface area (Å²) < 4.78 is 0. The molecule has 21 nitrogen and oxygen atoms in total. The molecule has 0 bridgehead atoms. The summed E-state index contributed by atoms with van der Waals surface area (Å²) in [4.78, 5) is 126. The molecule has 24 heteroatoms. The van der Waals surface area contributed by atoms with Crippen molar-refractivity contribution in [2.24, 2.45) is 29.0 Å². The number of amides is 8. The Morgan fingerprint density at radius 2 is 1.22 bits per heavy atom. The van der Waals surface area contributed by atoms with E-state index >= 15 is 0 Å². The molecule has 0 spiro atoms. The van der Waals surface area contributed by atoms with Crippen molar-refractivity contribution >= 4 is 86.2 Å². The number of unbranched alkanes of at least 4 members (excludes halogenated alkanes) is 1. The molecule has 15 N–H and O–H groups in total. The van der Waals surface area contributed by atoms with E-state index in [2.05, 4.69) is 31.9 Å². The van der Waals surface area contributed by atoms with Crippen molar-refractivity contribution in [2.75, 3.05) is 18.1 Å². The number of hydrogen-bond acceptors (Lipinski definition) is 15. The number of nitrogens with two attached hydrogens (primary N) is 3. The SMILES string of the molecule is CC.CC[C@@H](Cc1ccc(Cl)cc1)C(=O)N[C@@H]1CSSC[C@@H](C(=O)N[C@H](Cc2ccc(O)cc2)C(N)=O)NC(=O)[C@H]([C@@H](C)O)NC(=O)[C@H](CCCCN)NC(=O)[C@@H](Cc2ccc(C(N)=O)cc2)NC(=O)[C@H](Cc2ccc(O)cc2)CC1=O. The second-order valence-corrected chi connectivity index (χ2v) is 22.6. The highest BCUT2D eigenvalue weighted by molar-refractivity contribution is 8.76. The van der Waals surface area contributed by atoms with Crippen LogP contribution in [0.4, 0.5) is 0 Å². The number of aromatic hydroxyl groups is 2. The molecule has 0 unspecified atom stereocenters. The molecule has 444 valence electrons. The van der Waals surface area contributed by atoms with E-state index in [9.17, 15) is 58.5 Å². The molecule has 0 radical (unpaired) electrons. The number of nitrogens with one attached hydrogen (secondary N) is 6.